The van der Waals surface area contributed by atoms with Gasteiger partial charge in [-0.1, -0.05) is 12.1 Å². The number of hydrogen-bond donors (Lipinski definition) is 2. The van der Waals surface area contributed by atoms with Crippen molar-refractivity contribution >= 4 is 23.2 Å². The fourth-order valence-electron chi connectivity index (χ4n) is 2.10. The first-order valence-electron chi connectivity index (χ1n) is 5.89. The summed E-state index contributed by atoms with van der Waals surface area (Å²) in [7, 11) is 0. The Morgan fingerprint density at radius 2 is 2.06 bits per heavy atom. The second kappa shape index (κ2) is 4.33. The maximum Gasteiger partial charge on any atom is 0.252 e. The van der Waals surface area contributed by atoms with Crippen LogP contribution >= 0.6 is 0 Å². The maximum absolute atomic E-state index is 12.3. The molecule has 0 aromatic heterocycles. The number of rotatable bonds is 3. The van der Waals surface area contributed by atoms with Crippen molar-refractivity contribution in [1.82, 2.24) is 0 Å². The Bertz CT molecular complexity index is 497. The molecule has 2 rings (SSSR count). The minimum absolute atomic E-state index is 0.0533. The molecule has 1 aliphatic heterocycles. The van der Waals surface area contributed by atoms with E-state index in [0.29, 0.717) is 6.54 Å². The van der Waals surface area contributed by atoms with Crippen LogP contribution in [0.2, 0.25) is 0 Å². The molecule has 0 saturated heterocycles. The van der Waals surface area contributed by atoms with Crippen molar-refractivity contribution < 1.29 is 9.59 Å². The van der Waals surface area contributed by atoms with Gasteiger partial charge in [0, 0.05) is 13.0 Å². The summed E-state index contributed by atoms with van der Waals surface area (Å²) >= 11 is 0. The van der Waals surface area contributed by atoms with E-state index in [1.165, 1.54) is 0 Å². The number of nitrogens with one attached hydrogen (secondary N) is 1. The summed E-state index contributed by atoms with van der Waals surface area (Å²) in [4.78, 5) is 24.8. The van der Waals surface area contributed by atoms with Crippen molar-refractivity contribution in [2.75, 3.05) is 16.8 Å². The topological polar surface area (TPSA) is 75.4 Å². The molecule has 0 unspecified atom stereocenters. The van der Waals surface area contributed by atoms with Gasteiger partial charge in [0.1, 0.15) is 5.54 Å². The highest BCUT2D eigenvalue weighted by atomic mass is 16.2. The largest absolute Gasteiger partial charge is 0.370 e. The summed E-state index contributed by atoms with van der Waals surface area (Å²) in [6.45, 7) is 3.96. The zero-order valence-corrected chi connectivity index (χ0v) is 10.6. The molecule has 5 nitrogen and oxygen atoms in total. The van der Waals surface area contributed by atoms with Crippen LogP contribution in [0, 0.1) is 0 Å². The van der Waals surface area contributed by atoms with Gasteiger partial charge in [-0.25, -0.2) is 0 Å². The second-order valence-electron chi connectivity index (χ2n) is 4.94. The molecule has 3 N–H and O–H groups in total. The molecule has 0 saturated carbocycles. The first kappa shape index (κ1) is 12.4. The van der Waals surface area contributed by atoms with Crippen LogP contribution < -0.4 is 16.0 Å². The Morgan fingerprint density at radius 1 is 1.39 bits per heavy atom. The first-order valence-corrected chi connectivity index (χ1v) is 5.89. The summed E-state index contributed by atoms with van der Waals surface area (Å²) in [5, 5.41) is 3.20. The highest BCUT2D eigenvalue weighted by Crippen LogP contribution is 2.34. The summed E-state index contributed by atoms with van der Waals surface area (Å²) < 4.78 is 0. The van der Waals surface area contributed by atoms with E-state index < -0.39 is 11.4 Å². The van der Waals surface area contributed by atoms with E-state index in [9.17, 15) is 9.59 Å². The number of carbonyl (C=O) groups excluding carboxylic acids is 2. The van der Waals surface area contributed by atoms with Crippen LogP contribution in [-0.2, 0) is 9.59 Å². The standard InChI is InChI=1S/C13H17N3O2/c1-13(2)12(18)16(8-7-11(14)17)10-6-4-3-5-9(10)15-13/h3-6,15H,7-8H2,1-2H3,(H2,14,17). The van der Waals surface area contributed by atoms with Crippen molar-refractivity contribution in [3.05, 3.63) is 24.3 Å². The number of carbonyl (C=O) groups is 2. The zero-order valence-electron chi connectivity index (χ0n) is 10.6. The normalized spacial score (nSPS) is 17.0. The molecule has 2 amide bonds. The Morgan fingerprint density at radius 3 is 2.72 bits per heavy atom. The smallest absolute Gasteiger partial charge is 0.252 e. The van der Waals surface area contributed by atoms with Gasteiger partial charge < -0.3 is 16.0 Å². The highest BCUT2D eigenvalue weighted by molar-refractivity contribution is 6.07. The Hall–Kier alpha value is -2.04. The van der Waals surface area contributed by atoms with Gasteiger partial charge in [-0.2, -0.15) is 0 Å². The fraction of sp³-hybridized carbons (Fsp3) is 0.385. The van der Waals surface area contributed by atoms with Gasteiger partial charge in [0.25, 0.3) is 5.91 Å². The number of fused-ring (bicyclic) bond motifs is 1. The average molecular weight is 247 g/mol. The van der Waals surface area contributed by atoms with Crippen LogP contribution in [0.1, 0.15) is 20.3 Å². The van der Waals surface area contributed by atoms with Gasteiger partial charge in [-0.15, -0.1) is 0 Å². The van der Waals surface area contributed by atoms with E-state index in [-0.39, 0.29) is 12.3 Å². The predicted molar refractivity (Wildman–Crippen MR) is 70.3 cm³/mol. The molecular weight excluding hydrogens is 230 g/mol. The first-order chi connectivity index (χ1) is 8.42. The van der Waals surface area contributed by atoms with Crippen LogP contribution in [0.4, 0.5) is 11.4 Å². The summed E-state index contributed by atoms with van der Waals surface area (Å²) in [5.41, 5.74) is 6.17. The molecule has 96 valence electrons. The van der Waals surface area contributed by atoms with Gasteiger partial charge >= 0.3 is 0 Å². The lowest BCUT2D eigenvalue weighted by molar-refractivity contribution is -0.122. The predicted octanol–water partition coefficient (Wildman–Crippen LogP) is 1.10. The molecule has 0 radical (unpaired) electrons. The van der Waals surface area contributed by atoms with Crippen LogP contribution in [0.15, 0.2) is 24.3 Å². The number of primary amides is 1. The third-order valence-electron chi connectivity index (χ3n) is 3.00. The number of para-hydroxylation sites is 2. The fourth-order valence-corrected chi connectivity index (χ4v) is 2.10. The Kier molecular flexibility index (Phi) is 2.98. The molecule has 18 heavy (non-hydrogen) atoms. The number of nitrogens with two attached hydrogens (primary N) is 1. The summed E-state index contributed by atoms with van der Waals surface area (Å²) in [5.74, 6) is -0.459. The highest BCUT2D eigenvalue weighted by Gasteiger charge is 2.38. The molecule has 0 spiro atoms. The van der Waals surface area contributed by atoms with Crippen molar-refractivity contribution in [3.8, 4) is 0 Å². The van der Waals surface area contributed by atoms with Gasteiger partial charge in [-0.3, -0.25) is 9.59 Å². The minimum Gasteiger partial charge on any atom is -0.370 e. The van der Waals surface area contributed by atoms with Crippen molar-refractivity contribution in [1.29, 1.82) is 0 Å². The van der Waals surface area contributed by atoms with Gasteiger partial charge in [0.15, 0.2) is 0 Å². The van der Waals surface area contributed by atoms with E-state index >= 15 is 0 Å². The molecular formula is C13H17N3O2. The van der Waals surface area contributed by atoms with Gasteiger partial charge in [0.05, 0.1) is 11.4 Å². The lowest BCUT2D eigenvalue weighted by atomic mass is 9.98. The minimum atomic E-state index is -0.675. The summed E-state index contributed by atoms with van der Waals surface area (Å²) in [6, 6.07) is 7.55. The number of amides is 2. The monoisotopic (exact) mass is 247 g/mol. The third-order valence-corrected chi connectivity index (χ3v) is 3.00. The lowest BCUT2D eigenvalue weighted by Gasteiger charge is -2.39. The second-order valence-corrected chi connectivity index (χ2v) is 4.94. The van der Waals surface area contributed by atoms with Crippen molar-refractivity contribution in [2.24, 2.45) is 5.73 Å². The van der Waals surface area contributed by atoms with Crippen molar-refractivity contribution in [2.45, 2.75) is 25.8 Å². The van der Waals surface area contributed by atoms with Crippen molar-refractivity contribution in [3.63, 3.8) is 0 Å². The molecule has 1 heterocycles. The number of nitrogens with zero attached hydrogens (tertiary/aromatic N) is 1. The molecule has 1 aromatic carbocycles. The average Bonchev–Trinajstić information content (AvgIpc) is 2.29. The van der Waals surface area contributed by atoms with E-state index in [0.717, 1.165) is 11.4 Å². The molecule has 0 bridgehead atoms. The third kappa shape index (κ3) is 2.16. The molecule has 5 heteroatoms. The zero-order chi connectivity index (χ0) is 13.3. The number of benzene rings is 1. The van der Waals surface area contributed by atoms with Crippen LogP contribution in [0.3, 0.4) is 0 Å². The molecule has 1 aromatic rings. The molecule has 0 atom stereocenters. The van der Waals surface area contributed by atoms with Crippen LogP contribution in [-0.4, -0.2) is 23.9 Å². The van der Waals surface area contributed by atoms with Crippen LogP contribution in [0.25, 0.3) is 0 Å². The van der Waals surface area contributed by atoms with Gasteiger partial charge in [0.2, 0.25) is 5.91 Å². The molecule has 0 aliphatic carbocycles. The SMILES string of the molecule is CC1(C)Nc2ccccc2N(CCC(N)=O)C1=O. The maximum atomic E-state index is 12.3. The van der Waals surface area contributed by atoms with E-state index in [4.69, 9.17) is 5.73 Å². The van der Waals surface area contributed by atoms with Crippen LogP contribution in [0.5, 0.6) is 0 Å². The number of anilines is 2. The molecule has 0 fully saturated rings. The van der Waals surface area contributed by atoms with E-state index in [1.807, 2.05) is 38.1 Å². The quantitative estimate of drug-likeness (QED) is 0.839. The lowest BCUT2D eigenvalue weighted by Crippen LogP contribution is -2.54. The summed E-state index contributed by atoms with van der Waals surface area (Å²) in [6.07, 6.45) is 0.163. The number of hydrogen-bond acceptors (Lipinski definition) is 3. The Labute approximate surface area is 106 Å². The molecule has 1 aliphatic rings. The Balaban J connectivity index is 2.36. The van der Waals surface area contributed by atoms with E-state index in [1.54, 1.807) is 4.90 Å². The van der Waals surface area contributed by atoms with Gasteiger partial charge in [-0.05, 0) is 26.0 Å². The van der Waals surface area contributed by atoms with E-state index in [2.05, 4.69) is 5.32 Å².